The smallest absolute Gasteiger partial charge is 0.135 e. The first kappa shape index (κ1) is 14.1. The minimum Gasteiger partial charge on any atom is -0.373 e. The number of aromatic nitrogens is 2. The summed E-state index contributed by atoms with van der Waals surface area (Å²) >= 11 is 0. The molecule has 4 nitrogen and oxygen atoms in total. The quantitative estimate of drug-likeness (QED) is 0.870. The Bertz CT molecular complexity index is 440. The largest absolute Gasteiger partial charge is 0.373 e. The zero-order chi connectivity index (χ0) is 14.0. The van der Waals surface area contributed by atoms with E-state index in [9.17, 15) is 0 Å². The number of hydrogen-bond acceptors (Lipinski definition) is 4. The van der Waals surface area contributed by atoms with Crippen LogP contribution in [0.5, 0.6) is 0 Å². The van der Waals surface area contributed by atoms with E-state index in [1.54, 1.807) is 0 Å². The number of nitrogens with one attached hydrogen (secondary N) is 2. The Hall–Kier alpha value is -1.32. The van der Waals surface area contributed by atoms with Gasteiger partial charge in [0.2, 0.25) is 0 Å². The summed E-state index contributed by atoms with van der Waals surface area (Å²) in [5.41, 5.74) is 0.456. The molecule has 0 bridgehead atoms. The summed E-state index contributed by atoms with van der Waals surface area (Å²) in [6.07, 6.45) is 3.72. The van der Waals surface area contributed by atoms with Crippen LogP contribution in [-0.4, -0.2) is 23.1 Å². The Labute approximate surface area is 116 Å². The molecule has 0 radical (unpaired) electrons. The molecule has 1 saturated carbocycles. The third-order valence-electron chi connectivity index (χ3n) is 3.84. The van der Waals surface area contributed by atoms with E-state index in [-0.39, 0.29) is 0 Å². The molecule has 0 saturated heterocycles. The molecule has 0 amide bonds. The van der Waals surface area contributed by atoms with Crippen molar-refractivity contribution in [1.29, 1.82) is 0 Å². The monoisotopic (exact) mass is 262 g/mol. The maximum atomic E-state index is 4.63. The Kier molecular flexibility index (Phi) is 3.97. The van der Waals surface area contributed by atoms with Gasteiger partial charge in [-0.1, -0.05) is 27.7 Å². The summed E-state index contributed by atoms with van der Waals surface area (Å²) in [5, 5.41) is 6.69. The van der Waals surface area contributed by atoms with Crippen molar-refractivity contribution in [2.75, 3.05) is 17.7 Å². The predicted octanol–water partition coefficient (Wildman–Crippen LogP) is 3.63. The van der Waals surface area contributed by atoms with Crippen LogP contribution < -0.4 is 10.6 Å². The molecule has 0 aliphatic heterocycles. The molecule has 1 fully saturated rings. The molecule has 1 aliphatic carbocycles. The molecule has 4 heteroatoms. The Morgan fingerprint density at radius 1 is 1.26 bits per heavy atom. The molecule has 0 spiro atoms. The summed E-state index contributed by atoms with van der Waals surface area (Å²) in [4.78, 5) is 9.12. The summed E-state index contributed by atoms with van der Waals surface area (Å²) in [5.74, 6) is 3.07. The first-order valence-electron chi connectivity index (χ1n) is 7.23. The average molecular weight is 262 g/mol. The van der Waals surface area contributed by atoms with Crippen LogP contribution in [0.4, 0.5) is 11.6 Å². The van der Waals surface area contributed by atoms with Crippen molar-refractivity contribution in [2.45, 2.75) is 58.9 Å². The molecular weight excluding hydrogens is 236 g/mol. The normalized spacial score (nSPS) is 21.7. The number of hydrogen-bond donors (Lipinski definition) is 2. The van der Waals surface area contributed by atoms with Crippen LogP contribution in [0, 0.1) is 5.41 Å². The fraction of sp³-hybridized carbons (Fsp3) is 0.733. The highest BCUT2D eigenvalue weighted by Gasteiger charge is 2.31. The van der Waals surface area contributed by atoms with Crippen molar-refractivity contribution in [3.63, 3.8) is 0 Å². The van der Waals surface area contributed by atoms with Crippen LogP contribution in [0.15, 0.2) is 6.07 Å². The van der Waals surface area contributed by atoms with Gasteiger partial charge in [0.1, 0.15) is 17.5 Å². The third-order valence-corrected chi connectivity index (χ3v) is 3.84. The molecule has 1 aromatic heterocycles. The van der Waals surface area contributed by atoms with Gasteiger partial charge in [0.05, 0.1) is 0 Å². The van der Waals surface area contributed by atoms with E-state index in [0.717, 1.165) is 17.5 Å². The summed E-state index contributed by atoms with van der Waals surface area (Å²) < 4.78 is 0. The topological polar surface area (TPSA) is 49.8 Å². The molecule has 1 aliphatic rings. The Morgan fingerprint density at radius 2 is 1.95 bits per heavy atom. The Balaban J connectivity index is 2.13. The number of anilines is 2. The lowest BCUT2D eigenvalue weighted by atomic mass is 9.92. The van der Waals surface area contributed by atoms with Crippen molar-refractivity contribution >= 4 is 11.6 Å². The minimum absolute atomic E-state index is 0.342. The molecule has 1 aromatic rings. The van der Waals surface area contributed by atoms with E-state index in [1.807, 2.05) is 13.1 Å². The molecule has 1 atom stereocenters. The van der Waals surface area contributed by atoms with Crippen LogP contribution in [0.2, 0.25) is 0 Å². The zero-order valence-electron chi connectivity index (χ0n) is 12.7. The van der Waals surface area contributed by atoms with Gasteiger partial charge in [0, 0.05) is 25.1 Å². The lowest BCUT2D eigenvalue weighted by Crippen LogP contribution is -2.19. The highest BCUT2D eigenvalue weighted by atomic mass is 15.1. The molecule has 2 N–H and O–H groups in total. The van der Waals surface area contributed by atoms with E-state index in [0.29, 0.717) is 17.4 Å². The number of nitrogens with zero attached hydrogens (tertiary/aromatic N) is 2. The molecule has 106 valence electrons. The lowest BCUT2D eigenvalue weighted by molar-refractivity contribution is 0.378. The van der Waals surface area contributed by atoms with Crippen LogP contribution in [0.25, 0.3) is 0 Å². The third kappa shape index (κ3) is 3.58. The second kappa shape index (κ2) is 5.35. The van der Waals surface area contributed by atoms with E-state index >= 15 is 0 Å². The van der Waals surface area contributed by atoms with Gasteiger partial charge >= 0.3 is 0 Å². The minimum atomic E-state index is 0.342. The van der Waals surface area contributed by atoms with Crippen molar-refractivity contribution in [3.8, 4) is 0 Å². The molecule has 0 aromatic carbocycles. The van der Waals surface area contributed by atoms with Gasteiger partial charge in [0.15, 0.2) is 0 Å². The zero-order valence-corrected chi connectivity index (χ0v) is 12.7. The van der Waals surface area contributed by atoms with Gasteiger partial charge in [0.25, 0.3) is 0 Å². The van der Waals surface area contributed by atoms with Crippen molar-refractivity contribution < 1.29 is 0 Å². The van der Waals surface area contributed by atoms with E-state index in [1.165, 1.54) is 19.3 Å². The van der Waals surface area contributed by atoms with Gasteiger partial charge in [-0.05, 0) is 24.7 Å². The SMILES string of the molecule is CNc1cc(NC2CCC(C)(C)C2)nc(C(C)C)n1. The second-order valence-corrected chi connectivity index (χ2v) is 6.65. The first-order valence-corrected chi connectivity index (χ1v) is 7.23. The molecule has 19 heavy (non-hydrogen) atoms. The van der Waals surface area contributed by atoms with E-state index in [4.69, 9.17) is 0 Å². The summed E-state index contributed by atoms with van der Waals surface area (Å²) in [7, 11) is 1.90. The molecule has 1 heterocycles. The van der Waals surface area contributed by atoms with Gasteiger partial charge < -0.3 is 10.6 Å². The van der Waals surface area contributed by atoms with Gasteiger partial charge in [-0.2, -0.15) is 0 Å². The average Bonchev–Trinajstić information content (AvgIpc) is 2.68. The highest BCUT2D eigenvalue weighted by molar-refractivity contribution is 5.48. The predicted molar refractivity (Wildman–Crippen MR) is 80.7 cm³/mol. The van der Waals surface area contributed by atoms with Crippen LogP contribution >= 0.6 is 0 Å². The van der Waals surface area contributed by atoms with Crippen LogP contribution in [-0.2, 0) is 0 Å². The van der Waals surface area contributed by atoms with Crippen molar-refractivity contribution in [3.05, 3.63) is 11.9 Å². The van der Waals surface area contributed by atoms with Crippen LogP contribution in [0.3, 0.4) is 0 Å². The van der Waals surface area contributed by atoms with Gasteiger partial charge in [-0.3, -0.25) is 0 Å². The van der Waals surface area contributed by atoms with Gasteiger partial charge in [-0.25, -0.2) is 9.97 Å². The van der Waals surface area contributed by atoms with Gasteiger partial charge in [-0.15, -0.1) is 0 Å². The summed E-state index contributed by atoms with van der Waals surface area (Å²) in [6.45, 7) is 8.93. The van der Waals surface area contributed by atoms with Crippen molar-refractivity contribution in [1.82, 2.24) is 9.97 Å². The highest BCUT2D eigenvalue weighted by Crippen LogP contribution is 2.38. The maximum Gasteiger partial charge on any atom is 0.135 e. The first-order chi connectivity index (χ1) is 8.89. The van der Waals surface area contributed by atoms with E-state index in [2.05, 4.69) is 48.3 Å². The second-order valence-electron chi connectivity index (χ2n) is 6.65. The molecular formula is C15H26N4. The van der Waals surface area contributed by atoms with Crippen molar-refractivity contribution in [2.24, 2.45) is 5.41 Å². The van der Waals surface area contributed by atoms with E-state index < -0.39 is 0 Å². The maximum absolute atomic E-state index is 4.63. The summed E-state index contributed by atoms with van der Waals surface area (Å²) in [6, 6.07) is 2.53. The Morgan fingerprint density at radius 3 is 2.47 bits per heavy atom. The fourth-order valence-corrected chi connectivity index (χ4v) is 2.69. The fourth-order valence-electron chi connectivity index (χ4n) is 2.69. The standard InChI is InChI=1S/C15H26N4/c1-10(2)14-18-12(16-5)8-13(19-14)17-11-6-7-15(3,4)9-11/h8,10-11H,6-7,9H2,1-5H3,(H2,16,17,18,19). The lowest BCUT2D eigenvalue weighted by Gasteiger charge is -2.19. The molecule has 1 unspecified atom stereocenters. The number of rotatable bonds is 4. The van der Waals surface area contributed by atoms with Crippen LogP contribution in [0.1, 0.15) is 58.7 Å². The molecule has 2 rings (SSSR count).